The van der Waals surface area contributed by atoms with Crippen LogP contribution in [0.4, 0.5) is 0 Å². The van der Waals surface area contributed by atoms with Gasteiger partial charge < -0.3 is 15.2 Å². The van der Waals surface area contributed by atoms with E-state index in [0.717, 1.165) is 5.56 Å². The van der Waals surface area contributed by atoms with Gasteiger partial charge in [0.15, 0.2) is 6.61 Å². The van der Waals surface area contributed by atoms with E-state index in [0.29, 0.717) is 23.8 Å². The van der Waals surface area contributed by atoms with E-state index in [1.807, 2.05) is 31.2 Å². The molecule has 1 aromatic carbocycles. The van der Waals surface area contributed by atoms with Crippen LogP contribution in [0.5, 0.6) is 5.75 Å². The first-order valence-electron chi connectivity index (χ1n) is 8.54. The molecule has 0 radical (unpaired) electrons. The van der Waals surface area contributed by atoms with E-state index in [1.54, 1.807) is 12.1 Å². The number of rotatable bonds is 8. The molecule has 0 aliphatic rings. The highest BCUT2D eigenvalue weighted by molar-refractivity contribution is 5.79. The molecule has 0 aliphatic heterocycles. The Kier molecular flexibility index (Phi) is 6.72. The summed E-state index contributed by atoms with van der Waals surface area (Å²) in [7, 11) is 0. The van der Waals surface area contributed by atoms with Crippen LogP contribution >= 0.6 is 0 Å². The van der Waals surface area contributed by atoms with Gasteiger partial charge in [0.1, 0.15) is 5.75 Å². The highest BCUT2D eigenvalue weighted by Crippen LogP contribution is 2.16. The van der Waals surface area contributed by atoms with Gasteiger partial charge in [-0.1, -0.05) is 38.1 Å². The van der Waals surface area contributed by atoms with Crippen LogP contribution in [-0.2, 0) is 16.0 Å². The van der Waals surface area contributed by atoms with Crippen molar-refractivity contribution in [3.05, 3.63) is 59.4 Å². The zero-order chi connectivity index (χ0) is 19.1. The second-order valence-corrected chi connectivity index (χ2v) is 6.46. The third kappa shape index (κ3) is 5.88. The molecule has 0 saturated carbocycles. The molecule has 1 aromatic heterocycles. The van der Waals surface area contributed by atoms with Crippen LogP contribution in [0, 0.1) is 0 Å². The first-order chi connectivity index (χ1) is 12.3. The molecule has 0 spiro atoms. The van der Waals surface area contributed by atoms with E-state index in [2.05, 4.69) is 24.1 Å². The number of carbonyl (C=O) groups excluding carboxylic acids is 1. The fourth-order valence-electron chi connectivity index (χ4n) is 2.45. The van der Waals surface area contributed by atoms with Crippen LogP contribution < -0.4 is 10.1 Å². The molecular formula is C20H24N2O4. The lowest BCUT2D eigenvalue weighted by Crippen LogP contribution is -2.28. The smallest absolute Gasteiger partial charge is 0.341 e. The van der Waals surface area contributed by atoms with Gasteiger partial charge in [0, 0.05) is 0 Å². The van der Waals surface area contributed by atoms with Crippen LogP contribution in [0.2, 0.25) is 0 Å². The van der Waals surface area contributed by atoms with Gasteiger partial charge >= 0.3 is 5.97 Å². The molecule has 0 unspecified atom stereocenters. The van der Waals surface area contributed by atoms with Gasteiger partial charge in [-0.3, -0.25) is 9.78 Å². The maximum absolute atomic E-state index is 12.2. The lowest BCUT2D eigenvalue weighted by atomic mass is 10.0. The van der Waals surface area contributed by atoms with Crippen molar-refractivity contribution in [3.8, 4) is 5.75 Å². The Balaban J connectivity index is 1.88. The Labute approximate surface area is 153 Å². The van der Waals surface area contributed by atoms with Gasteiger partial charge in [-0.05, 0) is 36.1 Å². The topological polar surface area (TPSA) is 88.5 Å². The maximum atomic E-state index is 12.2. The van der Waals surface area contributed by atoms with E-state index in [9.17, 15) is 9.59 Å². The summed E-state index contributed by atoms with van der Waals surface area (Å²) in [5.41, 5.74) is 2.89. The number of amides is 1. The molecule has 6 heteroatoms. The SMILES string of the molecule is CC(C)c1ccc(CC(=O)N[C@H](C)c2ccc(OCC(=O)O)cn2)cc1. The van der Waals surface area contributed by atoms with Gasteiger partial charge in [-0.15, -0.1) is 0 Å². The summed E-state index contributed by atoms with van der Waals surface area (Å²) in [6.45, 7) is 5.70. The number of ether oxygens (including phenoxy) is 1. The van der Waals surface area contributed by atoms with Crippen molar-refractivity contribution in [2.75, 3.05) is 6.61 Å². The second kappa shape index (κ2) is 8.99. The van der Waals surface area contributed by atoms with E-state index in [1.165, 1.54) is 11.8 Å². The minimum absolute atomic E-state index is 0.0807. The van der Waals surface area contributed by atoms with Gasteiger partial charge in [0.05, 0.1) is 24.4 Å². The molecule has 0 saturated heterocycles. The number of pyridine rings is 1. The molecule has 1 amide bonds. The normalized spacial score (nSPS) is 11.8. The van der Waals surface area contributed by atoms with Crippen molar-refractivity contribution in [1.82, 2.24) is 10.3 Å². The standard InChI is InChI=1S/C20H24N2O4/c1-13(2)16-6-4-15(5-7-16)10-19(23)22-14(3)18-9-8-17(11-21-18)26-12-20(24)25/h4-9,11,13-14H,10,12H2,1-3H3,(H,22,23)(H,24,25)/t14-/m1/s1. The number of aliphatic carboxylic acids is 1. The third-order valence-electron chi connectivity index (χ3n) is 3.95. The summed E-state index contributed by atoms with van der Waals surface area (Å²) in [5, 5.41) is 11.5. The Morgan fingerprint density at radius 2 is 1.81 bits per heavy atom. The van der Waals surface area contributed by atoms with Crippen molar-refractivity contribution < 1.29 is 19.4 Å². The zero-order valence-corrected chi connectivity index (χ0v) is 15.2. The van der Waals surface area contributed by atoms with Gasteiger partial charge in [0.2, 0.25) is 5.91 Å². The highest BCUT2D eigenvalue weighted by atomic mass is 16.5. The molecule has 138 valence electrons. The molecule has 0 aliphatic carbocycles. The number of carbonyl (C=O) groups is 2. The number of nitrogens with one attached hydrogen (secondary N) is 1. The second-order valence-electron chi connectivity index (χ2n) is 6.46. The van der Waals surface area contributed by atoms with E-state index >= 15 is 0 Å². The molecular weight excluding hydrogens is 332 g/mol. The van der Waals surface area contributed by atoms with Crippen LogP contribution in [-0.4, -0.2) is 28.6 Å². The van der Waals surface area contributed by atoms with Crippen molar-refractivity contribution in [1.29, 1.82) is 0 Å². The number of hydrogen-bond acceptors (Lipinski definition) is 4. The average molecular weight is 356 g/mol. The maximum Gasteiger partial charge on any atom is 0.341 e. The zero-order valence-electron chi connectivity index (χ0n) is 15.2. The van der Waals surface area contributed by atoms with Crippen molar-refractivity contribution >= 4 is 11.9 Å². The van der Waals surface area contributed by atoms with Crippen molar-refractivity contribution in [2.45, 2.75) is 39.2 Å². The first-order valence-corrected chi connectivity index (χ1v) is 8.54. The summed E-state index contributed by atoms with van der Waals surface area (Å²) < 4.78 is 5.04. The molecule has 2 aromatic rings. The summed E-state index contributed by atoms with van der Waals surface area (Å²) in [4.78, 5) is 26.9. The third-order valence-corrected chi connectivity index (χ3v) is 3.95. The van der Waals surface area contributed by atoms with E-state index in [4.69, 9.17) is 9.84 Å². The number of benzene rings is 1. The number of aromatic nitrogens is 1. The lowest BCUT2D eigenvalue weighted by molar-refractivity contribution is -0.139. The van der Waals surface area contributed by atoms with E-state index in [-0.39, 0.29) is 11.9 Å². The fraction of sp³-hybridized carbons (Fsp3) is 0.350. The summed E-state index contributed by atoms with van der Waals surface area (Å²) in [5.74, 6) is -0.287. The number of carboxylic acid groups (broad SMARTS) is 1. The monoisotopic (exact) mass is 356 g/mol. The Morgan fingerprint density at radius 3 is 2.35 bits per heavy atom. The molecule has 0 bridgehead atoms. The van der Waals surface area contributed by atoms with Crippen LogP contribution in [0.25, 0.3) is 0 Å². The molecule has 1 heterocycles. The summed E-state index contributed by atoms with van der Waals surface area (Å²) in [6, 6.07) is 11.1. The molecule has 2 rings (SSSR count). The lowest BCUT2D eigenvalue weighted by Gasteiger charge is -2.14. The Morgan fingerprint density at radius 1 is 1.12 bits per heavy atom. The summed E-state index contributed by atoms with van der Waals surface area (Å²) >= 11 is 0. The number of carboxylic acids is 1. The molecule has 26 heavy (non-hydrogen) atoms. The average Bonchev–Trinajstić information content (AvgIpc) is 2.60. The van der Waals surface area contributed by atoms with Crippen LogP contribution in [0.15, 0.2) is 42.6 Å². The Bertz CT molecular complexity index is 739. The van der Waals surface area contributed by atoms with Gasteiger partial charge in [-0.2, -0.15) is 0 Å². The largest absolute Gasteiger partial charge is 0.480 e. The molecule has 1 atom stereocenters. The number of hydrogen-bond donors (Lipinski definition) is 2. The van der Waals surface area contributed by atoms with E-state index < -0.39 is 12.6 Å². The summed E-state index contributed by atoms with van der Waals surface area (Å²) in [6.07, 6.45) is 1.76. The highest BCUT2D eigenvalue weighted by Gasteiger charge is 2.12. The van der Waals surface area contributed by atoms with Gasteiger partial charge in [0.25, 0.3) is 0 Å². The quantitative estimate of drug-likeness (QED) is 0.759. The molecule has 2 N–H and O–H groups in total. The molecule has 0 fully saturated rings. The minimum atomic E-state index is -1.05. The minimum Gasteiger partial charge on any atom is -0.480 e. The van der Waals surface area contributed by atoms with Crippen LogP contribution in [0.3, 0.4) is 0 Å². The molecule has 6 nitrogen and oxygen atoms in total. The van der Waals surface area contributed by atoms with Crippen molar-refractivity contribution in [2.24, 2.45) is 0 Å². The van der Waals surface area contributed by atoms with Crippen LogP contribution in [0.1, 0.15) is 49.6 Å². The number of nitrogens with zero attached hydrogens (tertiary/aromatic N) is 1. The van der Waals surface area contributed by atoms with Crippen molar-refractivity contribution in [3.63, 3.8) is 0 Å². The fourth-order valence-corrected chi connectivity index (χ4v) is 2.45. The Hall–Kier alpha value is -2.89. The van der Waals surface area contributed by atoms with Gasteiger partial charge in [-0.25, -0.2) is 4.79 Å². The predicted octanol–water partition coefficient (Wildman–Crippen LogP) is 3.09. The predicted molar refractivity (Wildman–Crippen MR) is 98.2 cm³/mol. The first kappa shape index (κ1) is 19.4.